The highest BCUT2D eigenvalue weighted by Gasteiger charge is 2.09. The first-order valence-corrected chi connectivity index (χ1v) is 6.52. The lowest BCUT2D eigenvalue weighted by Crippen LogP contribution is -2.08. The number of hydrogen-bond donors (Lipinski definition) is 0. The van der Waals surface area contributed by atoms with Crippen LogP contribution in [0.5, 0.6) is 0 Å². The molecule has 1 atom stereocenters. The monoisotopic (exact) mass is 250 g/mol. The molecule has 2 rings (SSSR count). The zero-order chi connectivity index (χ0) is 13.5. The van der Waals surface area contributed by atoms with Gasteiger partial charge in [-0.3, -0.25) is 0 Å². The summed E-state index contributed by atoms with van der Waals surface area (Å²) in [5, 5.41) is 0. The molecule has 0 aliphatic rings. The minimum absolute atomic E-state index is 0.148. The van der Waals surface area contributed by atoms with Gasteiger partial charge in [0.15, 0.2) is 0 Å². The molecule has 19 heavy (non-hydrogen) atoms. The van der Waals surface area contributed by atoms with Gasteiger partial charge in [0.05, 0.1) is 6.10 Å². The molecule has 0 saturated carbocycles. The first-order valence-electron chi connectivity index (χ1n) is 6.52. The van der Waals surface area contributed by atoms with Gasteiger partial charge in [-0.25, -0.2) is 0 Å². The molecule has 96 valence electrons. The molecule has 0 radical (unpaired) electrons. The van der Waals surface area contributed by atoms with E-state index >= 15 is 0 Å². The summed E-state index contributed by atoms with van der Waals surface area (Å²) in [5.74, 6) is 6.39. The van der Waals surface area contributed by atoms with Crippen LogP contribution in [0.2, 0.25) is 0 Å². The van der Waals surface area contributed by atoms with Crippen molar-refractivity contribution in [2.45, 2.75) is 26.1 Å². The standard InChI is InChI=1S/C18H18O/c1-15(2)19-18(17-11-7-4-8-12-17)14-13-16-9-5-3-6-10-16/h3-12,15,18H,1-2H3. The minimum atomic E-state index is -0.179. The van der Waals surface area contributed by atoms with E-state index < -0.39 is 0 Å². The predicted octanol–water partition coefficient (Wildman–Crippen LogP) is 4.20. The van der Waals surface area contributed by atoms with E-state index in [4.69, 9.17) is 4.74 Å². The van der Waals surface area contributed by atoms with Crippen molar-refractivity contribution in [2.75, 3.05) is 0 Å². The molecular formula is C18H18O. The first-order chi connectivity index (χ1) is 9.25. The van der Waals surface area contributed by atoms with Gasteiger partial charge in [-0.1, -0.05) is 60.4 Å². The third-order valence-corrected chi connectivity index (χ3v) is 2.63. The number of benzene rings is 2. The van der Waals surface area contributed by atoms with Crippen LogP contribution < -0.4 is 0 Å². The third-order valence-electron chi connectivity index (χ3n) is 2.63. The van der Waals surface area contributed by atoms with Crippen molar-refractivity contribution in [3.8, 4) is 11.8 Å². The van der Waals surface area contributed by atoms with Crippen LogP contribution in [-0.2, 0) is 4.74 Å². The minimum Gasteiger partial charge on any atom is -0.358 e. The predicted molar refractivity (Wildman–Crippen MR) is 78.7 cm³/mol. The molecule has 1 unspecified atom stereocenters. The van der Waals surface area contributed by atoms with Gasteiger partial charge in [-0.05, 0) is 31.5 Å². The second-order valence-electron chi connectivity index (χ2n) is 4.61. The summed E-state index contributed by atoms with van der Waals surface area (Å²) >= 11 is 0. The lowest BCUT2D eigenvalue weighted by atomic mass is 10.1. The van der Waals surface area contributed by atoms with E-state index in [-0.39, 0.29) is 12.2 Å². The molecular weight excluding hydrogens is 232 g/mol. The molecule has 0 saturated heterocycles. The second kappa shape index (κ2) is 6.78. The van der Waals surface area contributed by atoms with Gasteiger partial charge in [0.25, 0.3) is 0 Å². The summed E-state index contributed by atoms with van der Waals surface area (Å²) in [4.78, 5) is 0. The van der Waals surface area contributed by atoms with E-state index in [0.29, 0.717) is 0 Å². The zero-order valence-electron chi connectivity index (χ0n) is 11.3. The Bertz CT molecular complexity index is 546. The molecule has 0 bridgehead atoms. The van der Waals surface area contributed by atoms with E-state index in [0.717, 1.165) is 11.1 Å². The van der Waals surface area contributed by atoms with Crippen LogP contribution in [0.15, 0.2) is 60.7 Å². The Morgan fingerprint density at radius 3 is 2.00 bits per heavy atom. The molecule has 0 amide bonds. The van der Waals surface area contributed by atoms with Crippen molar-refractivity contribution in [1.82, 2.24) is 0 Å². The number of rotatable bonds is 3. The van der Waals surface area contributed by atoms with Crippen molar-refractivity contribution < 1.29 is 4.74 Å². The fraction of sp³-hybridized carbons (Fsp3) is 0.222. The zero-order valence-corrected chi connectivity index (χ0v) is 11.3. The van der Waals surface area contributed by atoms with Gasteiger partial charge in [-0.2, -0.15) is 0 Å². The Morgan fingerprint density at radius 1 is 0.842 bits per heavy atom. The van der Waals surface area contributed by atoms with Gasteiger partial charge >= 0.3 is 0 Å². The largest absolute Gasteiger partial charge is 0.358 e. The van der Waals surface area contributed by atoms with E-state index in [1.165, 1.54) is 0 Å². The summed E-state index contributed by atoms with van der Waals surface area (Å²) in [6.45, 7) is 4.06. The molecule has 0 spiro atoms. The van der Waals surface area contributed by atoms with Crippen LogP contribution in [0.1, 0.15) is 31.1 Å². The Labute approximate surface area is 115 Å². The third kappa shape index (κ3) is 4.28. The maximum Gasteiger partial charge on any atom is 0.144 e. The van der Waals surface area contributed by atoms with Crippen LogP contribution in [0.3, 0.4) is 0 Å². The highest BCUT2D eigenvalue weighted by Crippen LogP contribution is 2.18. The highest BCUT2D eigenvalue weighted by molar-refractivity contribution is 5.36. The first kappa shape index (κ1) is 13.4. The summed E-state index contributed by atoms with van der Waals surface area (Å²) in [5.41, 5.74) is 2.11. The van der Waals surface area contributed by atoms with Crippen LogP contribution in [-0.4, -0.2) is 6.10 Å². The lowest BCUT2D eigenvalue weighted by Gasteiger charge is -2.15. The quantitative estimate of drug-likeness (QED) is 0.742. The van der Waals surface area contributed by atoms with Crippen molar-refractivity contribution in [2.24, 2.45) is 0 Å². The molecule has 1 heteroatoms. The second-order valence-corrected chi connectivity index (χ2v) is 4.61. The SMILES string of the molecule is CC(C)OC(C#Cc1ccccc1)c1ccccc1. The van der Waals surface area contributed by atoms with E-state index in [9.17, 15) is 0 Å². The molecule has 0 aromatic heterocycles. The molecule has 0 aliphatic heterocycles. The topological polar surface area (TPSA) is 9.23 Å². The smallest absolute Gasteiger partial charge is 0.144 e. The average Bonchev–Trinajstić information content (AvgIpc) is 2.45. The van der Waals surface area contributed by atoms with Gasteiger partial charge in [0.1, 0.15) is 6.10 Å². The highest BCUT2D eigenvalue weighted by atomic mass is 16.5. The van der Waals surface area contributed by atoms with Crippen molar-refractivity contribution in [1.29, 1.82) is 0 Å². The Kier molecular flexibility index (Phi) is 4.78. The maximum atomic E-state index is 5.88. The van der Waals surface area contributed by atoms with Crippen LogP contribution >= 0.6 is 0 Å². The van der Waals surface area contributed by atoms with E-state index in [1.54, 1.807) is 0 Å². The van der Waals surface area contributed by atoms with Crippen molar-refractivity contribution in [3.63, 3.8) is 0 Å². The van der Waals surface area contributed by atoms with Crippen LogP contribution in [0, 0.1) is 11.8 Å². The number of hydrogen-bond acceptors (Lipinski definition) is 1. The Morgan fingerprint density at radius 2 is 1.42 bits per heavy atom. The van der Waals surface area contributed by atoms with Crippen molar-refractivity contribution in [3.05, 3.63) is 71.8 Å². The fourth-order valence-corrected chi connectivity index (χ4v) is 1.77. The molecule has 0 fully saturated rings. The number of ether oxygens (including phenoxy) is 1. The van der Waals surface area contributed by atoms with E-state index in [1.807, 2.05) is 74.5 Å². The van der Waals surface area contributed by atoms with Crippen LogP contribution in [0.4, 0.5) is 0 Å². The molecule has 0 aliphatic carbocycles. The summed E-state index contributed by atoms with van der Waals surface area (Å²) in [7, 11) is 0. The molecule has 2 aromatic carbocycles. The van der Waals surface area contributed by atoms with Gasteiger partial charge in [0, 0.05) is 5.56 Å². The van der Waals surface area contributed by atoms with Gasteiger partial charge in [-0.15, -0.1) is 0 Å². The average molecular weight is 250 g/mol. The van der Waals surface area contributed by atoms with Crippen LogP contribution in [0.25, 0.3) is 0 Å². The molecule has 2 aromatic rings. The Hall–Kier alpha value is -2.04. The molecule has 0 heterocycles. The summed E-state index contributed by atoms with van der Waals surface area (Å²) < 4.78 is 5.88. The van der Waals surface area contributed by atoms with Gasteiger partial charge in [0.2, 0.25) is 0 Å². The van der Waals surface area contributed by atoms with Gasteiger partial charge < -0.3 is 4.74 Å². The molecule has 1 nitrogen and oxygen atoms in total. The lowest BCUT2D eigenvalue weighted by molar-refractivity contribution is 0.0403. The van der Waals surface area contributed by atoms with E-state index in [2.05, 4.69) is 11.8 Å². The normalized spacial score (nSPS) is 11.7. The Balaban J connectivity index is 2.22. The summed E-state index contributed by atoms with van der Waals surface area (Å²) in [6, 6.07) is 20.1. The maximum absolute atomic E-state index is 5.88. The summed E-state index contributed by atoms with van der Waals surface area (Å²) in [6.07, 6.45) is -0.0308. The molecule has 0 N–H and O–H groups in total. The fourth-order valence-electron chi connectivity index (χ4n) is 1.77. The van der Waals surface area contributed by atoms with Crippen molar-refractivity contribution >= 4 is 0 Å².